The van der Waals surface area contributed by atoms with Crippen molar-refractivity contribution >= 4 is 11.9 Å². The number of rotatable bonds is 1. The Morgan fingerprint density at radius 1 is 1.58 bits per heavy atom. The van der Waals surface area contributed by atoms with Crippen LogP contribution in [-0.2, 0) is 9.59 Å². The van der Waals surface area contributed by atoms with E-state index in [1.165, 1.54) is 11.8 Å². The Bertz CT molecular complexity index is 234. The molecular weight excluding hydrogens is 158 g/mol. The average Bonchev–Trinajstić information content (AvgIpc) is 2.04. The van der Waals surface area contributed by atoms with Crippen LogP contribution < -0.4 is 0 Å². The molecule has 66 valence electrons. The molecular formula is C8H11NO3. The molecule has 1 rings (SSSR count). The molecule has 4 heteroatoms. The van der Waals surface area contributed by atoms with Gasteiger partial charge in [0.05, 0.1) is 0 Å². The maximum absolute atomic E-state index is 10.9. The van der Waals surface area contributed by atoms with Crippen LogP contribution in [0.15, 0.2) is 12.3 Å². The molecule has 0 spiro atoms. The van der Waals surface area contributed by atoms with Crippen LogP contribution in [0.4, 0.5) is 0 Å². The Morgan fingerprint density at radius 3 is 2.67 bits per heavy atom. The van der Waals surface area contributed by atoms with Crippen molar-refractivity contribution in [3.8, 4) is 0 Å². The first-order valence-corrected chi connectivity index (χ1v) is 3.81. The maximum Gasteiger partial charge on any atom is 0.326 e. The number of carboxylic acids is 1. The Morgan fingerprint density at radius 2 is 2.25 bits per heavy atom. The number of carboxylic acid groups (broad SMARTS) is 1. The van der Waals surface area contributed by atoms with Gasteiger partial charge >= 0.3 is 5.97 Å². The van der Waals surface area contributed by atoms with Crippen molar-refractivity contribution in [2.45, 2.75) is 25.8 Å². The van der Waals surface area contributed by atoms with Crippen LogP contribution in [-0.4, -0.2) is 27.9 Å². The second kappa shape index (κ2) is 3.38. The molecule has 1 unspecified atom stereocenters. The molecule has 1 heterocycles. The minimum absolute atomic E-state index is 0.224. The van der Waals surface area contributed by atoms with Gasteiger partial charge in [-0.3, -0.25) is 4.79 Å². The van der Waals surface area contributed by atoms with E-state index >= 15 is 0 Å². The number of hydrogen-bond donors (Lipinski definition) is 1. The van der Waals surface area contributed by atoms with Gasteiger partial charge in [0.15, 0.2) is 0 Å². The lowest BCUT2D eigenvalue weighted by atomic mass is 10.1. The monoisotopic (exact) mass is 169 g/mol. The van der Waals surface area contributed by atoms with Crippen LogP contribution in [0.25, 0.3) is 0 Å². The van der Waals surface area contributed by atoms with Gasteiger partial charge < -0.3 is 10.0 Å². The first-order chi connectivity index (χ1) is 5.63. The van der Waals surface area contributed by atoms with Gasteiger partial charge in [0.25, 0.3) is 0 Å². The van der Waals surface area contributed by atoms with Crippen molar-refractivity contribution < 1.29 is 14.7 Å². The average molecular weight is 169 g/mol. The van der Waals surface area contributed by atoms with Gasteiger partial charge in [-0.15, -0.1) is 0 Å². The standard InChI is InChI=1S/C8H11NO3/c1-6(10)9-5-3-2-4-7(9)8(11)12/h3,5,7H,2,4H2,1H3,(H,11,12). The lowest BCUT2D eigenvalue weighted by Gasteiger charge is -2.26. The lowest BCUT2D eigenvalue weighted by molar-refractivity contribution is -0.147. The van der Waals surface area contributed by atoms with Crippen LogP contribution in [0.1, 0.15) is 19.8 Å². The fraction of sp³-hybridized carbons (Fsp3) is 0.500. The quantitative estimate of drug-likeness (QED) is 0.625. The topological polar surface area (TPSA) is 57.6 Å². The van der Waals surface area contributed by atoms with Crippen LogP contribution in [0, 0.1) is 0 Å². The summed E-state index contributed by atoms with van der Waals surface area (Å²) in [6, 6.07) is -0.674. The summed E-state index contributed by atoms with van der Waals surface area (Å²) in [5, 5.41) is 8.73. The molecule has 0 aromatic heterocycles. The van der Waals surface area contributed by atoms with Gasteiger partial charge in [-0.2, -0.15) is 0 Å². The van der Waals surface area contributed by atoms with Gasteiger partial charge in [-0.25, -0.2) is 4.79 Å². The smallest absolute Gasteiger partial charge is 0.326 e. The molecule has 0 aromatic rings. The van der Waals surface area contributed by atoms with Gasteiger partial charge in [0, 0.05) is 13.1 Å². The normalized spacial score (nSPS) is 22.4. The summed E-state index contributed by atoms with van der Waals surface area (Å²) in [7, 11) is 0. The van der Waals surface area contributed by atoms with Gasteiger partial charge in [-0.1, -0.05) is 6.08 Å². The molecule has 12 heavy (non-hydrogen) atoms. The van der Waals surface area contributed by atoms with E-state index in [4.69, 9.17) is 5.11 Å². The van der Waals surface area contributed by atoms with Crippen molar-refractivity contribution in [3.63, 3.8) is 0 Å². The molecule has 1 atom stereocenters. The highest BCUT2D eigenvalue weighted by atomic mass is 16.4. The van der Waals surface area contributed by atoms with Crippen LogP contribution >= 0.6 is 0 Å². The molecule has 0 saturated heterocycles. The number of nitrogens with zero attached hydrogens (tertiary/aromatic N) is 1. The van der Waals surface area contributed by atoms with Crippen LogP contribution in [0.5, 0.6) is 0 Å². The number of carbonyl (C=O) groups excluding carboxylic acids is 1. The van der Waals surface area contributed by atoms with Crippen molar-refractivity contribution in [1.29, 1.82) is 0 Å². The predicted octanol–water partition coefficient (Wildman–Crippen LogP) is 0.596. The number of carbonyl (C=O) groups is 2. The van der Waals surface area contributed by atoms with Crippen LogP contribution in [0.3, 0.4) is 0 Å². The third-order valence-corrected chi connectivity index (χ3v) is 1.86. The highest BCUT2D eigenvalue weighted by molar-refractivity contribution is 5.83. The van der Waals surface area contributed by atoms with E-state index in [0.29, 0.717) is 6.42 Å². The lowest BCUT2D eigenvalue weighted by Crippen LogP contribution is -2.41. The number of amides is 1. The summed E-state index contributed by atoms with van der Waals surface area (Å²) in [5.74, 6) is -1.16. The Balaban J connectivity index is 2.79. The third kappa shape index (κ3) is 1.64. The zero-order chi connectivity index (χ0) is 9.14. The van der Waals surface area contributed by atoms with E-state index in [-0.39, 0.29) is 5.91 Å². The van der Waals surface area contributed by atoms with E-state index in [0.717, 1.165) is 6.42 Å². The maximum atomic E-state index is 10.9. The zero-order valence-corrected chi connectivity index (χ0v) is 6.86. The van der Waals surface area contributed by atoms with Crippen molar-refractivity contribution in [2.75, 3.05) is 0 Å². The molecule has 1 aliphatic rings. The van der Waals surface area contributed by atoms with E-state index in [9.17, 15) is 9.59 Å². The second-order valence-electron chi connectivity index (χ2n) is 2.74. The van der Waals surface area contributed by atoms with Gasteiger partial charge in [-0.05, 0) is 12.8 Å². The predicted molar refractivity (Wildman–Crippen MR) is 42.3 cm³/mol. The van der Waals surface area contributed by atoms with Crippen molar-refractivity contribution in [3.05, 3.63) is 12.3 Å². The summed E-state index contributed by atoms with van der Waals surface area (Å²) in [6.07, 6.45) is 4.58. The largest absolute Gasteiger partial charge is 0.480 e. The Kier molecular flexibility index (Phi) is 2.47. The first-order valence-electron chi connectivity index (χ1n) is 3.81. The summed E-state index contributed by atoms with van der Waals surface area (Å²) in [5.41, 5.74) is 0. The van der Waals surface area contributed by atoms with Crippen LogP contribution in [0.2, 0.25) is 0 Å². The molecule has 0 saturated carbocycles. The van der Waals surface area contributed by atoms with Crippen molar-refractivity contribution in [2.24, 2.45) is 0 Å². The minimum Gasteiger partial charge on any atom is -0.480 e. The molecule has 1 N–H and O–H groups in total. The summed E-state index contributed by atoms with van der Waals surface area (Å²) >= 11 is 0. The molecule has 0 aliphatic carbocycles. The second-order valence-corrected chi connectivity index (χ2v) is 2.74. The van der Waals surface area contributed by atoms with E-state index in [1.807, 2.05) is 0 Å². The number of aliphatic carboxylic acids is 1. The van der Waals surface area contributed by atoms with Gasteiger partial charge in [0.1, 0.15) is 6.04 Å². The van der Waals surface area contributed by atoms with E-state index in [1.54, 1.807) is 12.3 Å². The van der Waals surface area contributed by atoms with Crippen molar-refractivity contribution in [1.82, 2.24) is 4.90 Å². The van der Waals surface area contributed by atoms with E-state index < -0.39 is 12.0 Å². The number of hydrogen-bond acceptors (Lipinski definition) is 2. The molecule has 0 bridgehead atoms. The molecule has 0 radical (unpaired) electrons. The molecule has 0 fully saturated rings. The third-order valence-electron chi connectivity index (χ3n) is 1.86. The van der Waals surface area contributed by atoms with Gasteiger partial charge in [0.2, 0.25) is 5.91 Å². The zero-order valence-electron chi connectivity index (χ0n) is 6.86. The fourth-order valence-electron chi connectivity index (χ4n) is 1.25. The molecule has 4 nitrogen and oxygen atoms in total. The summed E-state index contributed by atoms with van der Waals surface area (Å²) in [6.45, 7) is 1.37. The molecule has 1 amide bonds. The molecule has 0 aromatic carbocycles. The first kappa shape index (κ1) is 8.77. The summed E-state index contributed by atoms with van der Waals surface area (Å²) < 4.78 is 0. The summed E-state index contributed by atoms with van der Waals surface area (Å²) in [4.78, 5) is 22.8. The fourth-order valence-corrected chi connectivity index (χ4v) is 1.25. The Hall–Kier alpha value is -1.32. The highest BCUT2D eigenvalue weighted by Gasteiger charge is 2.27. The minimum atomic E-state index is -0.936. The van der Waals surface area contributed by atoms with E-state index in [2.05, 4.69) is 0 Å². The Labute approximate surface area is 70.5 Å². The molecule has 1 aliphatic heterocycles. The highest BCUT2D eigenvalue weighted by Crippen LogP contribution is 2.14. The number of allylic oxidation sites excluding steroid dienone is 1. The SMILES string of the molecule is CC(=O)N1C=CCCC1C(=O)O.